The van der Waals surface area contributed by atoms with Gasteiger partial charge in [0.2, 0.25) is 0 Å². The molecule has 0 spiro atoms. The highest BCUT2D eigenvalue weighted by Gasteiger charge is 2.06. The fourth-order valence-electron chi connectivity index (χ4n) is 3.51. The van der Waals surface area contributed by atoms with Gasteiger partial charge < -0.3 is 0 Å². The summed E-state index contributed by atoms with van der Waals surface area (Å²) in [5.41, 5.74) is 3.82. The zero-order valence-corrected chi connectivity index (χ0v) is 21.7. The summed E-state index contributed by atoms with van der Waals surface area (Å²) in [4.78, 5) is 5.23. The Kier molecular flexibility index (Phi) is 7.81. The fraction of sp³-hybridized carbons (Fsp3) is 0.231. The smallest absolute Gasteiger partial charge is 0.0405 e. The van der Waals surface area contributed by atoms with E-state index in [9.17, 15) is 0 Å². The van der Waals surface area contributed by atoms with Crippen molar-refractivity contribution >= 4 is 76.9 Å². The van der Waals surface area contributed by atoms with Crippen molar-refractivity contribution in [3.8, 4) is 0 Å². The molecule has 0 fully saturated rings. The van der Waals surface area contributed by atoms with Crippen LogP contribution in [0.2, 0.25) is 0 Å². The van der Waals surface area contributed by atoms with E-state index in [1.54, 1.807) is 23.1 Å². The molecule has 156 valence electrons. The number of rotatable bonds is 3. The normalized spacial score (nSPS) is 11.5. The number of hydrogen-bond donors (Lipinski definition) is 0. The van der Waals surface area contributed by atoms with Gasteiger partial charge in [-0.05, 0) is 92.6 Å². The Bertz CT molecular complexity index is 1250. The molecule has 0 aromatic carbocycles. The van der Waals surface area contributed by atoms with Crippen LogP contribution in [-0.4, -0.2) is 6.26 Å². The molecule has 0 radical (unpaired) electrons. The van der Waals surface area contributed by atoms with Crippen molar-refractivity contribution < 1.29 is 0 Å². The minimum absolute atomic E-state index is 1.26. The predicted octanol–water partition coefficient (Wildman–Crippen LogP) is 10.0. The van der Waals surface area contributed by atoms with Crippen LogP contribution in [0.3, 0.4) is 0 Å². The topological polar surface area (TPSA) is 0 Å². The highest BCUT2D eigenvalue weighted by Crippen LogP contribution is 2.34. The van der Waals surface area contributed by atoms with E-state index in [-0.39, 0.29) is 0 Å². The Morgan fingerprint density at radius 2 is 1.73 bits per heavy atom. The molecular formula is C26H28S4. The average Bonchev–Trinajstić information content (AvgIpc) is 3.03. The van der Waals surface area contributed by atoms with Gasteiger partial charge in [0.15, 0.2) is 0 Å². The van der Waals surface area contributed by atoms with Crippen molar-refractivity contribution in [2.45, 2.75) is 34.6 Å². The van der Waals surface area contributed by atoms with Gasteiger partial charge in [-0.25, -0.2) is 0 Å². The maximum Gasteiger partial charge on any atom is 0.0405 e. The van der Waals surface area contributed by atoms with Gasteiger partial charge in [0.1, 0.15) is 0 Å². The van der Waals surface area contributed by atoms with Crippen molar-refractivity contribution in [3.63, 3.8) is 0 Å². The van der Waals surface area contributed by atoms with E-state index < -0.39 is 0 Å². The maximum atomic E-state index is 4.05. The molecule has 3 aromatic heterocycles. The van der Waals surface area contributed by atoms with Gasteiger partial charge in [-0.15, -0.1) is 45.8 Å². The van der Waals surface area contributed by atoms with Gasteiger partial charge >= 0.3 is 0 Å². The summed E-state index contributed by atoms with van der Waals surface area (Å²) in [5, 5.41) is 4.82. The molecule has 0 amide bonds. The van der Waals surface area contributed by atoms with Gasteiger partial charge in [0.25, 0.3) is 0 Å². The van der Waals surface area contributed by atoms with Crippen molar-refractivity contribution in [1.82, 2.24) is 0 Å². The van der Waals surface area contributed by atoms with Gasteiger partial charge in [0, 0.05) is 34.3 Å². The second-order valence-electron chi connectivity index (χ2n) is 7.19. The van der Waals surface area contributed by atoms with E-state index in [4.69, 9.17) is 0 Å². The van der Waals surface area contributed by atoms with E-state index >= 15 is 0 Å². The first-order chi connectivity index (χ1) is 14.4. The molecule has 0 N–H and O–H groups in total. The molecule has 0 saturated heterocycles. The van der Waals surface area contributed by atoms with Crippen molar-refractivity contribution in [2.75, 3.05) is 6.26 Å². The molecule has 0 saturated carbocycles. The molecule has 0 aliphatic rings. The lowest BCUT2D eigenvalue weighted by Gasteiger charge is -2.00. The summed E-state index contributed by atoms with van der Waals surface area (Å²) in [5.74, 6) is 0. The van der Waals surface area contributed by atoms with Crippen molar-refractivity contribution in [2.24, 2.45) is 0 Å². The summed E-state index contributed by atoms with van der Waals surface area (Å²) >= 11 is 7.30. The Morgan fingerprint density at radius 1 is 0.967 bits per heavy atom. The molecule has 30 heavy (non-hydrogen) atoms. The van der Waals surface area contributed by atoms with Gasteiger partial charge in [0.05, 0.1) is 0 Å². The van der Waals surface area contributed by atoms with E-state index in [0.717, 1.165) is 0 Å². The number of thiophene rings is 1. The second kappa shape index (κ2) is 10.1. The van der Waals surface area contributed by atoms with Crippen LogP contribution in [0.5, 0.6) is 0 Å². The maximum absolute atomic E-state index is 4.05. The largest absolute Gasteiger partial charge is 0.143 e. The van der Waals surface area contributed by atoms with Crippen LogP contribution in [0.4, 0.5) is 0 Å². The minimum Gasteiger partial charge on any atom is -0.143 e. The molecule has 0 atom stereocenters. The number of hydrogen-bond acceptors (Lipinski definition) is 4. The standard InChI is InChI=1S/C26H28S4/c1-8-20-19(6)30-25-14-17(4)21-12-16(3)13-26(23(9-2)27-7)28-11-10-24(21)29-18(5)15-22(20)25/h8-15H,1H2,2-7H3/b11-10?,16-12?,17-14?,18-15?,23-9-,24-21?,26-13?. The van der Waals surface area contributed by atoms with E-state index in [1.165, 1.54) is 56.4 Å². The Hall–Kier alpha value is -1.59. The molecule has 4 heteroatoms. The lowest BCUT2D eigenvalue weighted by atomic mass is 10.1. The number of aryl methyl sites for hydroxylation is 4. The summed E-state index contributed by atoms with van der Waals surface area (Å²) in [6.45, 7) is 15.0. The van der Waals surface area contributed by atoms with Crippen LogP contribution >= 0.6 is 45.8 Å². The molecule has 0 bridgehead atoms. The van der Waals surface area contributed by atoms with Crippen LogP contribution in [0.1, 0.15) is 38.2 Å². The molecule has 3 heterocycles. The third-order valence-electron chi connectivity index (χ3n) is 4.93. The van der Waals surface area contributed by atoms with E-state index in [2.05, 4.69) is 89.2 Å². The first-order valence-corrected chi connectivity index (χ1v) is 13.6. The Labute approximate surface area is 196 Å². The zero-order valence-electron chi connectivity index (χ0n) is 18.5. The summed E-state index contributed by atoms with van der Waals surface area (Å²) in [7, 11) is 0. The van der Waals surface area contributed by atoms with Crippen LogP contribution < -0.4 is 0 Å². The highest BCUT2D eigenvalue weighted by atomic mass is 32.2. The molecule has 0 aliphatic carbocycles. The van der Waals surface area contributed by atoms with Crippen molar-refractivity contribution in [3.05, 3.63) is 79.7 Å². The van der Waals surface area contributed by atoms with Gasteiger partial charge in [-0.2, -0.15) is 0 Å². The van der Waals surface area contributed by atoms with Crippen LogP contribution in [0.15, 0.2) is 48.4 Å². The van der Waals surface area contributed by atoms with Gasteiger partial charge in [-0.3, -0.25) is 0 Å². The monoisotopic (exact) mass is 468 g/mol. The molecule has 0 aliphatic heterocycles. The molecular weight excluding hydrogens is 441 g/mol. The SMILES string of the molecule is C=Cc1c(C)sc2cc(C)c3cc(C)cc(/C(=C/C)SC)sccc3sc(C)cc12. The van der Waals surface area contributed by atoms with Crippen LogP contribution in [-0.2, 0) is 0 Å². The lowest BCUT2D eigenvalue weighted by molar-refractivity contribution is 1.50. The molecule has 0 unspecified atom stereocenters. The quantitative estimate of drug-likeness (QED) is 0.368. The number of thioether (sulfide) groups is 1. The van der Waals surface area contributed by atoms with E-state index in [1.807, 2.05) is 28.7 Å². The predicted molar refractivity (Wildman–Crippen MR) is 147 cm³/mol. The Balaban J connectivity index is 2.51. The summed E-state index contributed by atoms with van der Waals surface area (Å²) in [6, 6.07) is 11.6. The third-order valence-corrected chi connectivity index (χ3v) is 8.92. The second-order valence-corrected chi connectivity index (χ2v) is 11.5. The fourth-order valence-corrected chi connectivity index (χ4v) is 7.47. The summed E-state index contributed by atoms with van der Waals surface area (Å²) in [6.07, 6.45) is 6.33. The van der Waals surface area contributed by atoms with Crippen molar-refractivity contribution in [1.29, 1.82) is 0 Å². The van der Waals surface area contributed by atoms with E-state index in [0.29, 0.717) is 0 Å². The minimum atomic E-state index is 1.26. The number of allylic oxidation sites excluding steroid dienone is 1. The first-order valence-electron chi connectivity index (χ1n) is 9.86. The van der Waals surface area contributed by atoms with Gasteiger partial charge in [-0.1, -0.05) is 24.8 Å². The lowest BCUT2D eigenvalue weighted by Crippen LogP contribution is -1.75. The molecule has 0 nitrogen and oxygen atoms in total. The average molecular weight is 469 g/mol. The molecule has 3 rings (SSSR count). The number of fused-ring (bicyclic) bond motifs is 2. The zero-order chi connectivity index (χ0) is 21.8. The first kappa shape index (κ1) is 23.1. The van der Waals surface area contributed by atoms with Crippen LogP contribution in [0.25, 0.3) is 31.2 Å². The molecule has 3 aromatic rings. The third kappa shape index (κ3) is 5.00. The van der Waals surface area contributed by atoms with Crippen LogP contribution in [0, 0.1) is 27.7 Å². The summed E-state index contributed by atoms with van der Waals surface area (Å²) < 4.78 is 2.60. The Morgan fingerprint density at radius 3 is 2.40 bits per heavy atom. The highest BCUT2D eigenvalue weighted by molar-refractivity contribution is 8.07.